The first kappa shape index (κ1) is 11.4. The molecule has 1 aliphatic heterocycles. The van der Waals surface area contributed by atoms with Crippen LogP contribution < -0.4 is 10.6 Å². The molecule has 1 aliphatic carbocycles. The normalized spacial score (nSPS) is 31.1. The molecule has 1 heterocycles. The summed E-state index contributed by atoms with van der Waals surface area (Å²) in [5.74, 6) is -0.472. The van der Waals surface area contributed by atoms with Crippen molar-refractivity contribution in [3.8, 4) is 0 Å². The van der Waals surface area contributed by atoms with Crippen LogP contribution in [0.5, 0.6) is 0 Å². The van der Waals surface area contributed by atoms with E-state index >= 15 is 0 Å². The standard InChI is InChI=1S/C11H18N2O3/c1-7-4-12-5-8(7)9(14)13-6-11(2-3-11)10(15)16/h7-8,12H,2-6H2,1H3,(H,13,14)(H,15,16). The topological polar surface area (TPSA) is 78.4 Å². The fourth-order valence-electron chi connectivity index (χ4n) is 2.17. The first-order chi connectivity index (χ1) is 7.55. The van der Waals surface area contributed by atoms with Crippen molar-refractivity contribution in [1.82, 2.24) is 10.6 Å². The van der Waals surface area contributed by atoms with Crippen LogP contribution in [-0.4, -0.2) is 36.6 Å². The van der Waals surface area contributed by atoms with Gasteiger partial charge in [-0.05, 0) is 25.3 Å². The van der Waals surface area contributed by atoms with Gasteiger partial charge in [-0.25, -0.2) is 0 Å². The van der Waals surface area contributed by atoms with Crippen molar-refractivity contribution in [2.75, 3.05) is 19.6 Å². The fourth-order valence-corrected chi connectivity index (χ4v) is 2.17. The summed E-state index contributed by atoms with van der Waals surface area (Å²) in [6, 6.07) is 0. The van der Waals surface area contributed by atoms with Gasteiger partial charge < -0.3 is 15.7 Å². The van der Waals surface area contributed by atoms with Gasteiger partial charge in [-0.15, -0.1) is 0 Å². The van der Waals surface area contributed by atoms with Crippen molar-refractivity contribution in [2.45, 2.75) is 19.8 Å². The molecule has 90 valence electrons. The van der Waals surface area contributed by atoms with E-state index in [2.05, 4.69) is 10.6 Å². The van der Waals surface area contributed by atoms with Gasteiger partial charge in [-0.3, -0.25) is 9.59 Å². The first-order valence-corrected chi connectivity index (χ1v) is 5.77. The van der Waals surface area contributed by atoms with Crippen molar-refractivity contribution in [3.05, 3.63) is 0 Å². The summed E-state index contributed by atoms with van der Waals surface area (Å²) in [5, 5.41) is 14.9. The zero-order valence-corrected chi connectivity index (χ0v) is 9.45. The second-order valence-electron chi connectivity index (χ2n) is 5.05. The summed E-state index contributed by atoms with van der Waals surface area (Å²) in [6.45, 7) is 3.88. The van der Waals surface area contributed by atoms with Gasteiger partial charge in [0.05, 0.1) is 11.3 Å². The van der Waals surface area contributed by atoms with Crippen LogP contribution in [0, 0.1) is 17.3 Å². The average molecular weight is 226 g/mol. The molecule has 5 heteroatoms. The number of aliphatic carboxylic acids is 1. The Morgan fingerprint density at radius 1 is 1.44 bits per heavy atom. The maximum atomic E-state index is 11.8. The molecule has 0 bridgehead atoms. The second-order valence-corrected chi connectivity index (χ2v) is 5.05. The lowest BCUT2D eigenvalue weighted by molar-refractivity contribution is -0.143. The van der Waals surface area contributed by atoms with Crippen molar-refractivity contribution in [3.63, 3.8) is 0 Å². The molecule has 2 unspecified atom stereocenters. The minimum atomic E-state index is -0.787. The molecule has 0 aromatic carbocycles. The molecule has 5 nitrogen and oxygen atoms in total. The largest absolute Gasteiger partial charge is 0.481 e. The third-order valence-corrected chi connectivity index (χ3v) is 3.76. The highest BCUT2D eigenvalue weighted by molar-refractivity contribution is 5.82. The summed E-state index contributed by atoms with van der Waals surface area (Å²) >= 11 is 0. The Morgan fingerprint density at radius 2 is 2.12 bits per heavy atom. The van der Waals surface area contributed by atoms with Crippen molar-refractivity contribution in [1.29, 1.82) is 0 Å². The number of amides is 1. The Hall–Kier alpha value is -1.10. The molecule has 0 aromatic rings. The van der Waals surface area contributed by atoms with Crippen LogP contribution in [0.25, 0.3) is 0 Å². The summed E-state index contributed by atoms with van der Waals surface area (Å²) in [6.07, 6.45) is 1.36. The molecule has 1 amide bonds. The highest BCUT2D eigenvalue weighted by atomic mass is 16.4. The zero-order chi connectivity index (χ0) is 11.8. The Morgan fingerprint density at radius 3 is 2.56 bits per heavy atom. The summed E-state index contributed by atoms with van der Waals surface area (Å²) in [4.78, 5) is 22.7. The zero-order valence-electron chi connectivity index (χ0n) is 9.45. The van der Waals surface area contributed by atoms with Crippen LogP contribution in [0.2, 0.25) is 0 Å². The van der Waals surface area contributed by atoms with Crippen LogP contribution >= 0.6 is 0 Å². The predicted octanol–water partition coefficient (Wildman–Crippen LogP) is -0.177. The monoisotopic (exact) mass is 226 g/mol. The van der Waals surface area contributed by atoms with Gasteiger partial charge in [0.15, 0.2) is 0 Å². The molecule has 2 aliphatic rings. The number of hydrogen-bond donors (Lipinski definition) is 3. The van der Waals surface area contributed by atoms with Crippen LogP contribution in [-0.2, 0) is 9.59 Å². The molecule has 3 N–H and O–H groups in total. The number of hydrogen-bond acceptors (Lipinski definition) is 3. The summed E-state index contributed by atoms with van der Waals surface area (Å²) in [5.41, 5.74) is -0.662. The van der Waals surface area contributed by atoms with Crippen LogP contribution in [0.15, 0.2) is 0 Å². The maximum absolute atomic E-state index is 11.8. The van der Waals surface area contributed by atoms with Gasteiger partial charge in [-0.2, -0.15) is 0 Å². The molecule has 0 radical (unpaired) electrons. The lowest BCUT2D eigenvalue weighted by Gasteiger charge is -2.16. The second kappa shape index (κ2) is 4.05. The molecule has 2 rings (SSSR count). The average Bonchev–Trinajstić information content (AvgIpc) is 2.92. The van der Waals surface area contributed by atoms with Gasteiger partial charge in [0.2, 0.25) is 5.91 Å². The van der Waals surface area contributed by atoms with Crippen LogP contribution in [0.1, 0.15) is 19.8 Å². The third kappa shape index (κ3) is 2.04. The van der Waals surface area contributed by atoms with Crippen molar-refractivity contribution in [2.24, 2.45) is 17.3 Å². The highest BCUT2D eigenvalue weighted by Gasteiger charge is 2.50. The van der Waals surface area contributed by atoms with E-state index in [1.54, 1.807) is 0 Å². The van der Waals surface area contributed by atoms with Crippen LogP contribution in [0.3, 0.4) is 0 Å². The number of carboxylic acid groups (broad SMARTS) is 1. The predicted molar refractivity (Wildman–Crippen MR) is 57.8 cm³/mol. The van der Waals surface area contributed by atoms with E-state index in [4.69, 9.17) is 5.11 Å². The lowest BCUT2D eigenvalue weighted by atomic mass is 9.97. The molecule has 2 fully saturated rings. The molecular formula is C11H18N2O3. The van der Waals surface area contributed by atoms with Crippen LogP contribution in [0.4, 0.5) is 0 Å². The molecular weight excluding hydrogens is 208 g/mol. The highest BCUT2D eigenvalue weighted by Crippen LogP contribution is 2.45. The Labute approximate surface area is 94.6 Å². The Balaban J connectivity index is 1.82. The third-order valence-electron chi connectivity index (χ3n) is 3.76. The van der Waals surface area contributed by atoms with E-state index in [1.807, 2.05) is 6.92 Å². The number of nitrogens with one attached hydrogen (secondary N) is 2. The number of carbonyl (C=O) groups is 2. The van der Waals surface area contributed by atoms with E-state index in [9.17, 15) is 9.59 Å². The smallest absolute Gasteiger partial charge is 0.311 e. The van der Waals surface area contributed by atoms with Crippen molar-refractivity contribution < 1.29 is 14.7 Å². The van der Waals surface area contributed by atoms with Gasteiger partial charge in [0.25, 0.3) is 0 Å². The minimum Gasteiger partial charge on any atom is -0.481 e. The molecule has 2 atom stereocenters. The maximum Gasteiger partial charge on any atom is 0.311 e. The first-order valence-electron chi connectivity index (χ1n) is 5.77. The fraction of sp³-hybridized carbons (Fsp3) is 0.818. The van der Waals surface area contributed by atoms with Gasteiger partial charge in [-0.1, -0.05) is 6.92 Å². The Kier molecular flexibility index (Phi) is 2.88. The Bertz CT molecular complexity index is 312. The van der Waals surface area contributed by atoms with E-state index in [1.165, 1.54) is 0 Å². The van der Waals surface area contributed by atoms with E-state index < -0.39 is 11.4 Å². The molecule has 1 saturated heterocycles. The van der Waals surface area contributed by atoms with E-state index in [0.29, 0.717) is 25.3 Å². The van der Waals surface area contributed by atoms with E-state index in [0.717, 1.165) is 6.54 Å². The molecule has 1 saturated carbocycles. The summed E-state index contributed by atoms with van der Waals surface area (Å²) < 4.78 is 0. The molecule has 0 aromatic heterocycles. The molecule has 16 heavy (non-hydrogen) atoms. The SMILES string of the molecule is CC1CNCC1C(=O)NCC1(C(=O)O)CC1. The number of carboxylic acids is 1. The lowest BCUT2D eigenvalue weighted by Crippen LogP contribution is -2.39. The van der Waals surface area contributed by atoms with Gasteiger partial charge in [0, 0.05) is 13.1 Å². The minimum absolute atomic E-state index is 0.00924. The van der Waals surface area contributed by atoms with E-state index in [-0.39, 0.29) is 18.4 Å². The summed E-state index contributed by atoms with van der Waals surface area (Å²) in [7, 11) is 0. The molecule has 0 spiro atoms. The number of carbonyl (C=O) groups excluding carboxylic acids is 1. The van der Waals surface area contributed by atoms with Gasteiger partial charge >= 0.3 is 5.97 Å². The van der Waals surface area contributed by atoms with Crippen molar-refractivity contribution >= 4 is 11.9 Å². The quantitative estimate of drug-likeness (QED) is 0.621. The van der Waals surface area contributed by atoms with Gasteiger partial charge in [0.1, 0.15) is 0 Å². The number of rotatable bonds is 4.